The molecular formula is C30H30F3N7O3. The second-order valence-electron chi connectivity index (χ2n) is 10.9. The molecule has 0 spiro atoms. The van der Waals surface area contributed by atoms with Crippen LogP contribution in [0.25, 0.3) is 16.8 Å². The van der Waals surface area contributed by atoms with Gasteiger partial charge in [-0.3, -0.25) is 14.0 Å². The first-order valence-electron chi connectivity index (χ1n) is 14.1. The van der Waals surface area contributed by atoms with Crippen molar-refractivity contribution in [2.24, 2.45) is 0 Å². The van der Waals surface area contributed by atoms with Crippen LogP contribution >= 0.6 is 0 Å². The van der Waals surface area contributed by atoms with E-state index in [4.69, 9.17) is 15.5 Å². The molecule has 3 N–H and O–H groups in total. The van der Waals surface area contributed by atoms with Crippen molar-refractivity contribution in [2.75, 3.05) is 24.2 Å². The first kappa shape index (κ1) is 28.6. The van der Waals surface area contributed by atoms with E-state index in [-0.39, 0.29) is 35.1 Å². The molecule has 43 heavy (non-hydrogen) atoms. The summed E-state index contributed by atoms with van der Waals surface area (Å²) in [6.07, 6.45) is 2.71. The molecule has 3 aromatic heterocycles. The third-order valence-corrected chi connectivity index (χ3v) is 8.10. The fourth-order valence-electron chi connectivity index (χ4n) is 5.80. The highest BCUT2D eigenvalue weighted by Gasteiger charge is 2.37. The number of anilines is 2. The third kappa shape index (κ3) is 5.64. The number of amides is 2. The predicted molar refractivity (Wildman–Crippen MR) is 152 cm³/mol. The standard InChI is InChI=1S/C30H30F3N7O3/c1-17-4-5-20(16-40(17)29(42)22-3-2-14-43-22)27-38-24(25-26(34)36-12-13-39(25)27)18-6-8-19(9-7-18)28(41)37-23-15-21(10-11-35-23)30(31,32)33/h6-13,15,17,20,22H,2-5,14,16H2,1H3,(H2,34,36)(H,35,37,41)/t17-,20+,22?/m1/s1. The van der Waals surface area contributed by atoms with Crippen LogP contribution in [0, 0.1) is 0 Å². The van der Waals surface area contributed by atoms with E-state index in [0.29, 0.717) is 29.9 Å². The number of rotatable bonds is 5. The van der Waals surface area contributed by atoms with Crippen molar-refractivity contribution < 1.29 is 27.5 Å². The summed E-state index contributed by atoms with van der Waals surface area (Å²) < 4.78 is 46.7. The lowest BCUT2D eigenvalue weighted by atomic mass is 9.92. The van der Waals surface area contributed by atoms with Crippen LogP contribution in [0.3, 0.4) is 0 Å². The van der Waals surface area contributed by atoms with Gasteiger partial charge in [0.2, 0.25) is 0 Å². The summed E-state index contributed by atoms with van der Waals surface area (Å²) in [4.78, 5) is 41.0. The number of nitrogens with two attached hydrogens (primary N) is 1. The lowest BCUT2D eigenvalue weighted by molar-refractivity contribution is -0.144. The van der Waals surface area contributed by atoms with E-state index < -0.39 is 23.8 Å². The Kier molecular flexibility index (Phi) is 7.50. The van der Waals surface area contributed by atoms with Gasteiger partial charge in [-0.25, -0.2) is 15.0 Å². The minimum atomic E-state index is -4.55. The highest BCUT2D eigenvalue weighted by molar-refractivity contribution is 6.04. The Morgan fingerprint density at radius 1 is 1.07 bits per heavy atom. The molecule has 13 heteroatoms. The highest BCUT2D eigenvalue weighted by atomic mass is 19.4. The number of hydrogen-bond acceptors (Lipinski definition) is 7. The van der Waals surface area contributed by atoms with E-state index in [1.807, 2.05) is 9.30 Å². The van der Waals surface area contributed by atoms with Crippen LogP contribution in [0.1, 0.15) is 60.3 Å². The van der Waals surface area contributed by atoms with Crippen LogP contribution in [-0.2, 0) is 15.7 Å². The maximum absolute atomic E-state index is 13.3. The van der Waals surface area contributed by atoms with Gasteiger partial charge in [0.1, 0.15) is 34.8 Å². The number of ether oxygens (including phenoxy) is 1. The zero-order valence-corrected chi connectivity index (χ0v) is 23.3. The van der Waals surface area contributed by atoms with Crippen molar-refractivity contribution in [1.82, 2.24) is 24.3 Å². The van der Waals surface area contributed by atoms with Crippen LogP contribution in [-0.4, -0.2) is 61.4 Å². The zero-order valence-electron chi connectivity index (χ0n) is 23.3. The molecule has 0 bridgehead atoms. The molecule has 2 aliphatic heterocycles. The van der Waals surface area contributed by atoms with Crippen LogP contribution in [0.5, 0.6) is 0 Å². The van der Waals surface area contributed by atoms with Crippen molar-refractivity contribution in [3.05, 3.63) is 71.9 Å². The molecule has 2 saturated heterocycles. The van der Waals surface area contributed by atoms with Gasteiger partial charge >= 0.3 is 6.18 Å². The normalized spacial score (nSPS) is 20.8. The molecule has 10 nitrogen and oxygen atoms in total. The molecule has 2 fully saturated rings. The fraction of sp³-hybridized carbons (Fsp3) is 0.367. The molecule has 3 atom stereocenters. The highest BCUT2D eigenvalue weighted by Crippen LogP contribution is 2.36. The summed E-state index contributed by atoms with van der Waals surface area (Å²) in [5, 5.41) is 2.41. The minimum absolute atomic E-state index is 0.0196. The van der Waals surface area contributed by atoms with Gasteiger partial charge in [0.15, 0.2) is 0 Å². The molecule has 4 aromatic rings. The average Bonchev–Trinajstić information content (AvgIpc) is 3.67. The van der Waals surface area contributed by atoms with E-state index in [1.54, 1.807) is 36.7 Å². The van der Waals surface area contributed by atoms with Crippen molar-refractivity contribution in [3.63, 3.8) is 0 Å². The lowest BCUT2D eigenvalue weighted by Gasteiger charge is -2.38. The Morgan fingerprint density at radius 2 is 1.86 bits per heavy atom. The topological polar surface area (TPSA) is 128 Å². The van der Waals surface area contributed by atoms with Crippen LogP contribution in [0.4, 0.5) is 24.8 Å². The van der Waals surface area contributed by atoms with E-state index in [9.17, 15) is 22.8 Å². The molecule has 1 unspecified atom stereocenters. The number of nitrogens with one attached hydrogen (secondary N) is 1. The summed E-state index contributed by atoms with van der Waals surface area (Å²) in [6, 6.07) is 8.21. The maximum atomic E-state index is 13.3. The molecule has 224 valence electrons. The number of carbonyl (C=O) groups excluding carboxylic acids is 2. The molecule has 2 amide bonds. The van der Waals surface area contributed by atoms with Gasteiger partial charge < -0.3 is 20.7 Å². The van der Waals surface area contributed by atoms with Gasteiger partial charge in [-0.2, -0.15) is 13.2 Å². The van der Waals surface area contributed by atoms with Gasteiger partial charge in [-0.1, -0.05) is 12.1 Å². The second-order valence-corrected chi connectivity index (χ2v) is 10.9. The van der Waals surface area contributed by atoms with Crippen LogP contribution in [0.15, 0.2) is 55.0 Å². The van der Waals surface area contributed by atoms with Gasteiger partial charge in [0.05, 0.1) is 5.56 Å². The van der Waals surface area contributed by atoms with E-state index in [1.165, 1.54) is 0 Å². The Hall–Kier alpha value is -4.52. The largest absolute Gasteiger partial charge is 0.416 e. The number of benzene rings is 1. The van der Waals surface area contributed by atoms with Gasteiger partial charge in [-0.05, 0) is 56.9 Å². The smallest absolute Gasteiger partial charge is 0.382 e. The number of hydrogen-bond donors (Lipinski definition) is 2. The molecule has 5 heterocycles. The Labute approximate surface area is 245 Å². The summed E-state index contributed by atoms with van der Waals surface area (Å²) in [6.45, 7) is 3.16. The van der Waals surface area contributed by atoms with Gasteiger partial charge in [0.25, 0.3) is 11.8 Å². The third-order valence-electron chi connectivity index (χ3n) is 8.10. The number of nitrogen functional groups attached to an aromatic ring is 1. The van der Waals surface area contributed by atoms with E-state index in [0.717, 1.165) is 49.8 Å². The first-order chi connectivity index (χ1) is 20.6. The number of aromatic nitrogens is 4. The fourth-order valence-corrected chi connectivity index (χ4v) is 5.80. The summed E-state index contributed by atoms with van der Waals surface area (Å²) in [7, 11) is 0. The lowest BCUT2D eigenvalue weighted by Crippen LogP contribution is -2.49. The van der Waals surface area contributed by atoms with E-state index >= 15 is 0 Å². The molecule has 0 aliphatic carbocycles. The van der Waals surface area contributed by atoms with Crippen molar-refractivity contribution >= 4 is 29.0 Å². The minimum Gasteiger partial charge on any atom is -0.382 e. The summed E-state index contributed by atoms with van der Waals surface area (Å²) in [5.74, 6) is 0.197. The number of carbonyl (C=O) groups is 2. The SMILES string of the molecule is C[C@@H]1CC[C@H](c2nc(-c3ccc(C(=O)Nc4cc(C(F)(F)F)ccn4)cc3)c3c(N)nccn23)CN1C(=O)C1CCCO1. The van der Waals surface area contributed by atoms with Crippen LogP contribution < -0.4 is 11.1 Å². The monoisotopic (exact) mass is 593 g/mol. The number of likely N-dealkylation sites (tertiary alicyclic amines) is 1. The van der Waals surface area contributed by atoms with Crippen molar-refractivity contribution in [1.29, 1.82) is 0 Å². The average molecular weight is 594 g/mol. The number of fused-ring (bicyclic) bond motifs is 1. The first-order valence-corrected chi connectivity index (χ1v) is 14.1. The summed E-state index contributed by atoms with van der Waals surface area (Å²) in [5.41, 5.74) is 7.49. The van der Waals surface area contributed by atoms with Crippen LogP contribution in [0.2, 0.25) is 0 Å². The van der Waals surface area contributed by atoms with Gasteiger partial charge in [0, 0.05) is 54.8 Å². The molecule has 0 saturated carbocycles. The number of halogens is 3. The Balaban J connectivity index is 1.26. The van der Waals surface area contributed by atoms with E-state index in [2.05, 4.69) is 22.2 Å². The van der Waals surface area contributed by atoms with Crippen molar-refractivity contribution in [2.45, 2.75) is 56.8 Å². The molecule has 6 rings (SSSR count). The summed E-state index contributed by atoms with van der Waals surface area (Å²) >= 11 is 0. The predicted octanol–water partition coefficient (Wildman–Crippen LogP) is 4.92. The molecule has 2 aliphatic rings. The molecule has 1 aromatic carbocycles. The quantitative estimate of drug-likeness (QED) is 0.336. The number of alkyl halides is 3. The maximum Gasteiger partial charge on any atom is 0.416 e. The second kappa shape index (κ2) is 11.3. The number of pyridine rings is 1. The molecular weight excluding hydrogens is 563 g/mol. The zero-order chi connectivity index (χ0) is 30.3. The van der Waals surface area contributed by atoms with Crippen molar-refractivity contribution in [3.8, 4) is 11.3 Å². The number of nitrogens with zero attached hydrogens (tertiary/aromatic N) is 5. The number of piperidine rings is 1. The molecule has 0 radical (unpaired) electrons. The Bertz CT molecular complexity index is 1670. The van der Waals surface area contributed by atoms with Gasteiger partial charge in [-0.15, -0.1) is 0 Å². The Morgan fingerprint density at radius 3 is 2.58 bits per heavy atom. The number of imidazole rings is 1.